The van der Waals surface area contributed by atoms with Crippen LogP contribution in [0.3, 0.4) is 0 Å². The number of hydrogen-bond donors (Lipinski definition) is 1. The Hall–Kier alpha value is -2.56. The second-order valence-corrected chi connectivity index (χ2v) is 7.52. The summed E-state index contributed by atoms with van der Waals surface area (Å²) in [5, 5.41) is 3.52. The van der Waals surface area contributed by atoms with E-state index in [2.05, 4.69) is 39.5 Å². The minimum absolute atomic E-state index is 0.108. The Morgan fingerprint density at radius 3 is 2.44 bits per heavy atom. The van der Waals surface area contributed by atoms with E-state index in [-0.39, 0.29) is 5.91 Å². The molecule has 0 radical (unpaired) electrons. The van der Waals surface area contributed by atoms with Gasteiger partial charge in [-0.15, -0.1) is 0 Å². The highest BCUT2D eigenvalue weighted by atomic mass is 16.2. The maximum Gasteiger partial charge on any atom is 0.254 e. The Morgan fingerprint density at radius 2 is 1.70 bits per heavy atom. The van der Waals surface area contributed by atoms with Gasteiger partial charge in [-0.25, -0.2) is 4.98 Å². The first-order valence-electron chi connectivity index (χ1n) is 10.1. The summed E-state index contributed by atoms with van der Waals surface area (Å²) >= 11 is 0. The highest BCUT2D eigenvalue weighted by molar-refractivity contribution is 5.95. The Labute approximate surface area is 161 Å². The lowest BCUT2D eigenvalue weighted by Crippen LogP contribution is -2.48. The van der Waals surface area contributed by atoms with Crippen molar-refractivity contribution in [1.82, 2.24) is 9.88 Å². The summed E-state index contributed by atoms with van der Waals surface area (Å²) in [5.74, 6) is 0.937. The van der Waals surface area contributed by atoms with Gasteiger partial charge < -0.3 is 15.1 Å². The molecule has 1 aromatic carbocycles. The maximum absolute atomic E-state index is 12.9. The van der Waals surface area contributed by atoms with Crippen molar-refractivity contribution in [2.24, 2.45) is 0 Å². The van der Waals surface area contributed by atoms with Crippen molar-refractivity contribution in [2.45, 2.75) is 38.1 Å². The van der Waals surface area contributed by atoms with E-state index in [9.17, 15) is 4.79 Å². The Bertz CT molecular complexity index is 750. The van der Waals surface area contributed by atoms with Crippen LogP contribution in [0.4, 0.5) is 11.5 Å². The van der Waals surface area contributed by atoms with E-state index in [1.807, 2.05) is 23.1 Å². The molecule has 1 amide bonds. The summed E-state index contributed by atoms with van der Waals surface area (Å²) in [5.41, 5.74) is 1.96. The highest BCUT2D eigenvalue weighted by Crippen LogP contribution is 2.22. The fraction of sp³-hybridized carbons (Fsp3) is 0.455. The van der Waals surface area contributed by atoms with Gasteiger partial charge in [-0.05, 0) is 37.1 Å². The Morgan fingerprint density at radius 1 is 0.963 bits per heavy atom. The van der Waals surface area contributed by atoms with E-state index in [0.717, 1.165) is 37.6 Å². The first-order valence-corrected chi connectivity index (χ1v) is 10.1. The molecule has 5 nitrogen and oxygen atoms in total. The number of anilines is 2. The lowest BCUT2D eigenvalue weighted by Gasteiger charge is -2.36. The number of carbonyl (C=O) groups is 1. The molecule has 1 saturated heterocycles. The zero-order chi connectivity index (χ0) is 18.5. The molecule has 1 saturated carbocycles. The number of piperazine rings is 1. The van der Waals surface area contributed by atoms with Crippen LogP contribution >= 0.6 is 0 Å². The molecule has 1 aliphatic carbocycles. The quantitative estimate of drug-likeness (QED) is 0.897. The van der Waals surface area contributed by atoms with Gasteiger partial charge in [0, 0.05) is 49.7 Å². The second-order valence-electron chi connectivity index (χ2n) is 7.52. The number of pyridine rings is 1. The first-order chi connectivity index (χ1) is 13.3. The zero-order valence-electron chi connectivity index (χ0n) is 15.8. The summed E-state index contributed by atoms with van der Waals surface area (Å²) < 4.78 is 0. The number of para-hydroxylation sites is 1. The average Bonchev–Trinajstić information content (AvgIpc) is 2.75. The van der Waals surface area contributed by atoms with Gasteiger partial charge in [-0.3, -0.25) is 4.79 Å². The predicted octanol–water partition coefficient (Wildman–Crippen LogP) is 3.79. The van der Waals surface area contributed by atoms with Crippen LogP contribution in [-0.4, -0.2) is 48.0 Å². The van der Waals surface area contributed by atoms with Gasteiger partial charge in [-0.2, -0.15) is 0 Å². The first kappa shape index (κ1) is 17.8. The zero-order valence-corrected chi connectivity index (χ0v) is 15.8. The molecule has 1 aliphatic heterocycles. The fourth-order valence-corrected chi connectivity index (χ4v) is 4.09. The van der Waals surface area contributed by atoms with Crippen molar-refractivity contribution in [3.8, 4) is 0 Å². The van der Waals surface area contributed by atoms with Crippen molar-refractivity contribution in [1.29, 1.82) is 0 Å². The smallest absolute Gasteiger partial charge is 0.254 e. The third-order valence-electron chi connectivity index (χ3n) is 5.65. The van der Waals surface area contributed by atoms with Gasteiger partial charge in [0.1, 0.15) is 5.82 Å². The second kappa shape index (κ2) is 8.42. The van der Waals surface area contributed by atoms with Crippen LogP contribution in [0.2, 0.25) is 0 Å². The molecule has 2 heterocycles. The van der Waals surface area contributed by atoms with Crippen LogP contribution in [0.1, 0.15) is 42.5 Å². The number of nitrogens with zero attached hydrogens (tertiary/aromatic N) is 3. The van der Waals surface area contributed by atoms with Crippen molar-refractivity contribution in [2.75, 3.05) is 36.4 Å². The largest absolute Gasteiger partial charge is 0.368 e. The van der Waals surface area contributed by atoms with E-state index in [4.69, 9.17) is 0 Å². The molecule has 2 fully saturated rings. The molecule has 27 heavy (non-hydrogen) atoms. The number of hydrogen-bond acceptors (Lipinski definition) is 4. The summed E-state index contributed by atoms with van der Waals surface area (Å²) in [6.07, 6.45) is 8.03. The lowest BCUT2D eigenvalue weighted by molar-refractivity contribution is 0.0746. The normalized spacial score (nSPS) is 18.4. The van der Waals surface area contributed by atoms with Gasteiger partial charge in [0.2, 0.25) is 0 Å². The van der Waals surface area contributed by atoms with E-state index in [1.54, 1.807) is 6.20 Å². The molecule has 1 N–H and O–H groups in total. The van der Waals surface area contributed by atoms with Crippen LogP contribution < -0.4 is 10.2 Å². The standard InChI is InChI=1S/C22H28N4O/c27-22(26-15-13-25(14-16-26)20-9-5-2-6-10-20)18-11-12-23-21(17-18)24-19-7-3-1-4-8-19/h2,5-6,9-12,17,19H,1,3-4,7-8,13-16H2,(H,23,24). The minimum atomic E-state index is 0.108. The number of nitrogens with one attached hydrogen (secondary N) is 1. The highest BCUT2D eigenvalue weighted by Gasteiger charge is 2.23. The van der Waals surface area contributed by atoms with Gasteiger partial charge in [-0.1, -0.05) is 37.5 Å². The van der Waals surface area contributed by atoms with Gasteiger partial charge in [0.25, 0.3) is 5.91 Å². The van der Waals surface area contributed by atoms with E-state index >= 15 is 0 Å². The van der Waals surface area contributed by atoms with E-state index in [1.165, 1.54) is 37.8 Å². The Kier molecular flexibility index (Phi) is 5.56. The molecular formula is C22H28N4O. The molecule has 4 rings (SSSR count). The predicted molar refractivity (Wildman–Crippen MR) is 109 cm³/mol. The van der Waals surface area contributed by atoms with Crippen molar-refractivity contribution < 1.29 is 4.79 Å². The molecule has 2 aromatic rings. The van der Waals surface area contributed by atoms with Crippen molar-refractivity contribution in [3.05, 3.63) is 54.2 Å². The van der Waals surface area contributed by atoms with Crippen LogP contribution in [0.25, 0.3) is 0 Å². The molecule has 0 bridgehead atoms. The minimum Gasteiger partial charge on any atom is -0.368 e. The topological polar surface area (TPSA) is 48.5 Å². The molecule has 5 heteroatoms. The fourth-order valence-electron chi connectivity index (χ4n) is 4.09. The molecule has 1 aromatic heterocycles. The summed E-state index contributed by atoms with van der Waals surface area (Å²) in [7, 11) is 0. The SMILES string of the molecule is O=C(c1ccnc(NC2CCCCC2)c1)N1CCN(c2ccccc2)CC1. The van der Waals surface area contributed by atoms with Crippen LogP contribution in [-0.2, 0) is 0 Å². The lowest BCUT2D eigenvalue weighted by atomic mass is 9.95. The number of benzene rings is 1. The number of amides is 1. The molecule has 2 aliphatic rings. The number of carbonyl (C=O) groups excluding carboxylic acids is 1. The molecule has 0 unspecified atom stereocenters. The third-order valence-corrected chi connectivity index (χ3v) is 5.65. The molecule has 142 valence electrons. The van der Waals surface area contributed by atoms with E-state index < -0.39 is 0 Å². The number of rotatable bonds is 4. The van der Waals surface area contributed by atoms with Crippen molar-refractivity contribution >= 4 is 17.4 Å². The molecule has 0 atom stereocenters. The maximum atomic E-state index is 12.9. The monoisotopic (exact) mass is 364 g/mol. The summed E-state index contributed by atoms with van der Waals surface area (Å²) in [6, 6.07) is 14.7. The van der Waals surface area contributed by atoms with Crippen molar-refractivity contribution in [3.63, 3.8) is 0 Å². The Balaban J connectivity index is 1.36. The van der Waals surface area contributed by atoms with E-state index in [0.29, 0.717) is 6.04 Å². The van der Waals surface area contributed by atoms with Crippen LogP contribution in [0.15, 0.2) is 48.7 Å². The van der Waals surface area contributed by atoms with Crippen LogP contribution in [0, 0.1) is 0 Å². The summed E-state index contributed by atoms with van der Waals surface area (Å²) in [4.78, 5) is 21.7. The van der Waals surface area contributed by atoms with Gasteiger partial charge >= 0.3 is 0 Å². The summed E-state index contributed by atoms with van der Waals surface area (Å²) in [6.45, 7) is 3.24. The average molecular weight is 364 g/mol. The molecular weight excluding hydrogens is 336 g/mol. The van der Waals surface area contributed by atoms with Crippen LogP contribution in [0.5, 0.6) is 0 Å². The number of aromatic nitrogens is 1. The molecule has 0 spiro atoms. The van der Waals surface area contributed by atoms with Gasteiger partial charge in [0.05, 0.1) is 0 Å². The third kappa shape index (κ3) is 4.41. The van der Waals surface area contributed by atoms with Gasteiger partial charge in [0.15, 0.2) is 0 Å².